The lowest BCUT2D eigenvalue weighted by atomic mass is 10.1. The number of halogens is 1. The Hall–Kier alpha value is -3.48. The van der Waals surface area contributed by atoms with Crippen LogP contribution in [-0.2, 0) is 13.1 Å². The van der Waals surface area contributed by atoms with Crippen LogP contribution in [0, 0.1) is 26.6 Å². The van der Waals surface area contributed by atoms with Gasteiger partial charge in [0.1, 0.15) is 5.82 Å². The molecule has 0 saturated heterocycles. The number of carbonyl (C=O) groups excluding carboxylic acids is 1. The molecule has 1 heterocycles. The van der Waals surface area contributed by atoms with Crippen molar-refractivity contribution in [3.05, 3.63) is 82.4 Å². The second kappa shape index (κ2) is 10.0. The maximum atomic E-state index is 13.3. The molecule has 0 radical (unpaired) electrons. The zero-order valence-corrected chi connectivity index (χ0v) is 18.4. The highest BCUT2D eigenvalue weighted by molar-refractivity contribution is 6.10. The number of hydrogen-bond acceptors (Lipinski definition) is 3. The van der Waals surface area contributed by atoms with Crippen molar-refractivity contribution in [2.75, 3.05) is 5.32 Å². The Bertz CT molecular complexity index is 1070. The summed E-state index contributed by atoms with van der Waals surface area (Å²) < 4.78 is 15.2. The Morgan fingerprint density at radius 2 is 1.77 bits per heavy atom. The van der Waals surface area contributed by atoms with Crippen molar-refractivity contribution in [2.45, 2.75) is 47.2 Å². The quantitative estimate of drug-likeness (QED) is 0.445. The van der Waals surface area contributed by atoms with E-state index in [4.69, 9.17) is 0 Å². The highest BCUT2D eigenvalue weighted by Crippen LogP contribution is 2.12. The Balaban J connectivity index is 1.83. The Morgan fingerprint density at radius 1 is 1.10 bits per heavy atom. The van der Waals surface area contributed by atoms with E-state index < -0.39 is 0 Å². The largest absolute Gasteiger partial charge is 0.326 e. The molecule has 0 unspecified atom stereocenters. The lowest BCUT2D eigenvalue weighted by molar-refractivity contribution is 0.0976. The summed E-state index contributed by atoms with van der Waals surface area (Å²) in [4.78, 5) is 17.4. The van der Waals surface area contributed by atoms with E-state index in [9.17, 15) is 9.18 Å². The third-order valence-electron chi connectivity index (χ3n) is 4.73. The first-order valence-electron chi connectivity index (χ1n) is 10.3. The van der Waals surface area contributed by atoms with Gasteiger partial charge in [-0.25, -0.2) is 9.38 Å². The number of nitrogens with one attached hydrogen (secondary N) is 2. The maximum absolute atomic E-state index is 13.3. The van der Waals surface area contributed by atoms with Crippen LogP contribution in [0.1, 0.15) is 46.1 Å². The van der Waals surface area contributed by atoms with Gasteiger partial charge in [-0.05, 0) is 63.6 Å². The monoisotopic (exact) mass is 421 g/mol. The highest BCUT2D eigenvalue weighted by atomic mass is 19.1. The number of aromatic nitrogens is 2. The lowest BCUT2D eigenvalue weighted by Gasteiger charge is -2.12. The van der Waals surface area contributed by atoms with E-state index in [1.807, 2.05) is 49.8 Å². The topological polar surface area (TPSA) is 71.3 Å². The average Bonchev–Trinajstić information content (AvgIpc) is 3.06. The van der Waals surface area contributed by atoms with Crippen LogP contribution in [0.3, 0.4) is 0 Å². The first-order chi connectivity index (χ1) is 14.8. The summed E-state index contributed by atoms with van der Waals surface area (Å²) in [5.74, 6) is -0.306. The smallest absolute Gasteiger partial charge is 0.257 e. The second-order valence-corrected chi connectivity index (χ2v) is 7.63. The first-order valence-corrected chi connectivity index (χ1v) is 10.3. The van der Waals surface area contributed by atoms with Gasteiger partial charge in [-0.3, -0.25) is 14.8 Å². The number of guanidine groups is 1. The van der Waals surface area contributed by atoms with Crippen LogP contribution in [-0.4, -0.2) is 21.6 Å². The summed E-state index contributed by atoms with van der Waals surface area (Å²) in [5, 5.41) is 10.4. The number of anilines is 1. The van der Waals surface area contributed by atoms with Gasteiger partial charge in [0.05, 0.1) is 12.2 Å². The van der Waals surface area contributed by atoms with Gasteiger partial charge in [0.2, 0.25) is 5.96 Å². The predicted octanol–water partition coefficient (Wildman–Crippen LogP) is 4.76. The summed E-state index contributed by atoms with van der Waals surface area (Å²) in [6, 6.07) is 11.6. The minimum Gasteiger partial charge on any atom is -0.326 e. The third-order valence-corrected chi connectivity index (χ3v) is 4.73. The van der Waals surface area contributed by atoms with E-state index in [1.165, 1.54) is 12.1 Å². The van der Waals surface area contributed by atoms with Gasteiger partial charge in [-0.2, -0.15) is 5.10 Å². The van der Waals surface area contributed by atoms with Gasteiger partial charge in [0.25, 0.3) is 5.91 Å². The number of amides is 1. The number of aryl methyl sites for hydroxylation is 4. The number of aliphatic imine (C=N–C) groups is 1. The summed E-state index contributed by atoms with van der Waals surface area (Å²) in [7, 11) is 0. The molecule has 0 fully saturated rings. The van der Waals surface area contributed by atoms with Crippen LogP contribution < -0.4 is 10.6 Å². The van der Waals surface area contributed by atoms with Crippen molar-refractivity contribution >= 4 is 17.6 Å². The Kier molecular flexibility index (Phi) is 7.18. The van der Waals surface area contributed by atoms with Gasteiger partial charge in [0, 0.05) is 29.6 Å². The molecule has 0 aliphatic rings. The summed E-state index contributed by atoms with van der Waals surface area (Å²) in [6.45, 7) is 9.14. The predicted molar refractivity (Wildman–Crippen MR) is 122 cm³/mol. The van der Waals surface area contributed by atoms with Crippen molar-refractivity contribution in [3.8, 4) is 0 Å². The molecular formula is C24H28FN5O. The molecule has 0 atom stereocenters. The zero-order valence-electron chi connectivity index (χ0n) is 18.4. The van der Waals surface area contributed by atoms with E-state index in [0.717, 1.165) is 35.3 Å². The van der Waals surface area contributed by atoms with Gasteiger partial charge >= 0.3 is 0 Å². The molecule has 6 nitrogen and oxygen atoms in total. The molecule has 3 rings (SSSR count). The van der Waals surface area contributed by atoms with E-state index in [0.29, 0.717) is 23.8 Å². The summed E-state index contributed by atoms with van der Waals surface area (Å²) in [5.41, 5.74) is 5.08. The van der Waals surface area contributed by atoms with E-state index in [1.54, 1.807) is 12.1 Å². The number of hydrogen-bond donors (Lipinski definition) is 2. The Labute approximate surface area is 182 Å². The van der Waals surface area contributed by atoms with Gasteiger partial charge < -0.3 is 5.32 Å². The van der Waals surface area contributed by atoms with Crippen molar-refractivity contribution < 1.29 is 9.18 Å². The number of rotatable bonds is 6. The molecule has 2 aromatic carbocycles. The lowest BCUT2D eigenvalue weighted by Crippen LogP contribution is -2.36. The van der Waals surface area contributed by atoms with Crippen molar-refractivity contribution in [3.63, 3.8) is 0 Å². The van der Waals surface area contributed by atoms with Gasteiger partial charge in [-0.15, -0.1) is 0 Å². The van der Waals surface area contributed by atoms with Crippen molar-refractivity contribution in [1.29, 1.82) is 0 Å². The first kappa shape index (κ1) is 22.2. The fourth-order valence-electron chi connectivity index (χ4n) is 3.29. The molecule has 162 valence electrons. The number of benzene rings is 2. The second-order valence-electron chi connectivity index (χ2n) is 7.63. The van der Waals surface area contributed by atoms with Crippen LogP contribution in [0.2, 0.25) is 0 Å². The molecule has 0 saturated carbocycles. The molecule has 1 aromatic heterocycles. The van der Waals surface area contributed by atoms with Crippen LogP contribution in [0.5, 0.6) is 0 Å². The minimum atomic E-state index is -0.331. The van der Waals surface area contributed by atoms with Crippen LogP contribution in [0.15, 0.2) is 53.7 Å². The summed E-state index contributed by atoms with van der Waals surface area (Å²) >= 11 is 0. The maximum Gasteiger partial charge on any atom is 0.257 e. The molecule has 3 aromatic rings. The minimum absolute atomic E-state index is 0.265. The zero-order chi connectivity index (χ0) is 22.4. The van der Waals surface area contributed by atoms with Crippen LogP contribution >= 0.6 is 0 Å². The molecule has 0 aliphatic carbocycles. The van der Waals surface area contributed by atoms with E-state index >= 15 is 0 Å². The molecule has 0 bridgehead atoms. The van der Waals surface area contributed by atoms with E-state index in [-0.39, 0.29) is 11.7 Å². The number of carbonyl (C=O) groups is 1. The van der Waals surface area contributed by atoms with Crippen molar-refractivity contribution in [2.24, 2.45) is 4.99 Å². The average molecular weight is 422 g/mol. The molecule has 1 amide bonds. The number of nitrogens with zero attached hydrogens (tertiary/aromatic N) is 3. The van der Waals surface area contributed by atoms with Gasteiger partial charge in [-0.1, -0.05) is 24.1 Å². The molecular weight excluding hydrogens is 393 g/mol. The normalized spacial score (nSPS) is 11.5. The van der Waals surface area contributed by atoms with E-state index in [2.05, 4.69) is 27.6 Å². The van der Waals surface area contributed by atoms with Crippen molar-refractivity contribution in [1.82, 2.24) is 15.1 Å². The summed E-state index contributed by atoms with van der Waals surface area (Å²) in [6.07, 6.45) is 2.97. The fourth-order valence-corrected chi connectivity index (χ4v) is 3.29. The third kappa shape index (κ3) is 6.25. The molecule has 31 heavy (non-hydrogen) atoms. The highest BCUT2D eigenvalue weighted by Gasteiger charge is 2.12. The fraction of sp³-hybridized carbons (Fsp3) is 0.292. The SMILES string of the molecule is CCCn1cc(CN=C(NC(=O)c2cc(C)cc(C)c2)Nc2ccc(F)cc2)c(C)n1. The molecule has 7 heteroatoms. The van der Waals surface area contributed by atoms with Crippen LogP contribution in [0.25, 0.3) is 0 Å². The van der Waals surface area contributed by atoms with Crippen LogP contribution in [0.4, 0.5) is 10.1 Å². The standard InChI is InChI=1S/C24H28FN5O/c1-5-10-30-15-20(18(4)29-30)14-26-24(27-22-8-6-21(25)7-9-22)28-23(31)19-12-16(2)11-17(3)13-19/h6-9,11-13,15H,5,10,14H2,1-4H3,(H2,26,27,28,31). The molecule has 0 spiro atoms. The Morgan fingerprint density at radius 3 is 2.42 bits per heavy atom. The van der Waals surface area contributed by atoms with Gasteiger partial charge in [0.15, 0.2) is 0 Å². The molecule has 0 aliphatic heterocycles. The molecule has 2 N–H and O–H groups in total.